The molecule has 6 nitrogen and oxygen atoms in total. The third-order valence-electron chi connectivity index (χ3n) is 3.64. The maximum absolute atomic E-state index is 12.3. The van der Waals surface area contributed by atoms with Crippen molar-refractivity contribution < 1.29 is 19.8 Å². The summed E-state index contributed by atoms with van der Waals surface area (Å²) in [7, 11) is 0. The fraction of sp³-hybridized carbons (Fsp3) is 0.429. The Bertz CT molecular complexity index is 510. The van der Waals surface area contributed by atoms with E-state index in [-0.39, 0.29) is 17.2 Å². The lowest BCUT2D eigenvalue weighted by Crippen LogP contribution is -2.53. The SMILES string of the molecule is CC(C(=O)O)N1CCN(C(=O)c2ccccc2O)CC1. The molecule has 1 fully saturated rings. The van der Waals surface area contributed by atoms with Gasteiger partial charge in [0.05, 0.1) is 5.56 Å². The van der Waals surface area contributed by atoms with E-state index in [0.29, 0.717) is 26.2 Å². The second-order valence-corrected chi connectivity index (χ2v) is 4.86. The van der Waals surface area contributed by atoms with Crippen LogP contribution in [-0.4, -0.2) is 64.1 Å². The van der Waals surface area contributed by atoms with Gasteiger partial charge in [0, 0.05) is 26.2 Å². The monoisotopic (exact) mass is 278 g/mol. The molecule has 1 aromatic carbocycles. The van der Waals surface area contributed by atoms with Gasteiger partial charge in [0.25, 0.3) is 5.91 Å². The van der Waals surface area contributed by atoms with Crippen LogP contribution in [0, 0.1) is 0 Å². The molecule has 6 heteroatoms. The quantitative estimate of drug-likeness (QED) is 0.847. The van der Waals surface area contributed by atoms with Crippen molar-refractivity contribution in [1.82, 2.24) is 9.80 Å². The highest BCUT2D eigenvalue weighted by molar-refractivity contribution is 5.96. The number of nitrogens with zero attached hydrogens (tertiary/aromatic N) is 2. The zero-order valence-corrected chi connectivity index (χ0v) is 11.3. The second kappa shape index (κ2) is 5.92. The molecule has 1 unspecified atom stereocenters. The topological polar surface area (TPSA) is 81.1 Å². The molecule has 1 aromatic rings. The van der Waals surface area contributed by atoms with Crippen LogP contribution >= 0.6 is 0 Å². The van der Waals surface area contributed by atoms with Crippen molar-refractivity contribution in [3.8, 4) is 5.75 Å². The molecule has 0 aromatic heterocycles. The summed E-state index contributed by atoms with van der Waals surface area (Å²) in [6, 6.07) is 5.89. The molecule has 0 radical (unpaired) electrons. The molecule has 1 aliphatic rings. The van der Waals surface area contributed by atoms with Crippen LogP contribution in [0.4, 0.5) is 0 Å². The molecule has 2 rings (SSSR count). The number of hydrogen-bond acceptors (Lipinski definition) is 4. The van der Waals surface area contributed by atoms with Crippen LogP contribution in [0.25, 0.3) is 0 Å². The van der Waals surface area contributed by atoms with Gasteiger partial charge in [-0.05, 0) is 19.1 Å². The van der Waals surface area contributed by atoms with Gasteiger partial charge in [0.1, 0.15) is 11.8 Å². The third kappa shape index (κ3) is 2.91. The predicted octanol–water partition coefficient (Wildman–Crippen LogP) is 0.623. The standard InChI is InChI=1S/C14H18N2O4/c1-10(14(19)20)15-6-8-16(9-7-15)13(18)11-4-2-3-5-12(11)17/h2-5,10,17H,6-9H2,1H3,(H,19,20). The van der Waals surface area contributed by atoms with Crippen molar-refractivity contribution in [2.24, 2.45) is 0 Å². The number of phenols is 1. The van der Waals surface area contributed by atoms with Crippen LogP contribution in [0.5, 0.6) is 5.75 Å². The van der Waals surface area contributed by atoms with Gasteiger partial charge in [-0.15, -0.1) is 0 Å². The second-order valence-electron chi connectivity index (χ2n) is 4.86. The normalized spacial score (nSPS) is 17.8. The van der Waals surface area contributed by atoms with Crippen LogP contribution in [0.1, 0.15) is 17.3 Å². The van der Waals surface area contributed by atoms with E-state index in [1.54, 1.807) is 30.0 Å². The summed E-state index contributed by atoms with van der Waals surface area (Å²) in [5.41, 5.74) is 0.284. The molecule has 1 heterocycles. The Kier molecular flexibility index (Phi) is 4.24. The highest BCUT2D eigenvalue weighted by Crippen LogP contribution is 2.19. The van der Waals surface area contributed by atoms with E-state index in [1.807, 2.05) is 4.90 Å². The summed E-state index contributed by atoms with van der Waals surface area (Å²) < 4.78 is 0. The Hall–Kier alpha value is -2.08. The third-order valence-corrected chi connectivity index (χ3v) is 3.64. The molecule has 0 bridgehead atoms. The number of benzene rings is 1. The fourth-order valence-electron chi connectivity index (χ4n) is 2.29. The van der Waals surface area contributed by atoms with Crippen LogP contribution in [0.3, 0.4) is 0 Å². The van der Waals surface area contributed by atoms with E-state index in [2.05, 4.69) is 0 Å². The Morgan fingerprint density at radius 1 is 1.15 bits per heavy atom. The van der Waals surface area contributed by atoms with Crippen molar-refractivity contribution in [2.45, 2.75) is 13.0 Å². The number of phenolic OH excluding ortho intramolecular Hbond substituents is 1. The molecule has 108 valence electrons. The number of carboxylic acids is 1. The summed E-state index contributed by atoms with van der Waals surface area (Å²) in [4.78, 5) is 26.7. The van der Waals surface area contributed by atoms with Crippen molar-refractivity contribution in [3.05, 3.63) is 29.8 Å². The molecule has 0 saturated carbocycles. The molecule has 1 saturated heterocycles. The lowest BCUT2D eigenvalue weighted by molar-refractivity contribution is -0.143. The molecule has 1 amide bonds. The molecular weight excluding hydrogens is 260 g/mol. The number of amides is 1. The number of aliphatic carboxylic acids is 1. The first kappa shape index (κ1) is 14.3. The van der Waals surface area contributed by atoms with E-state index in [4.69, 9.17) is 5.11 Å². The average molecular weight is 278 g/mol. The van der Waals surface area contributed by atoms with Gasteiger partial charge >= 0.3 is 5.97 Å². The predicted molar refractivity (Wildman–Crippen MR) is 72.7 cm³/mol. The van der Waals surface area contributed by atoms with Gasteiger partial charge in [0.15, 0.2) is 0 Å². The molecule has 2 N–H and O–H groups in total. The number of carbonyl (C=O) groups is 2. The maximum Gasteiger partial charge on any atom is 0.320 e. The van der Waals surface area contributed by atoms with Crippen LogP contribution < -0.4 is 0 Å². The molecule has 0 spiro atoms. The van der Waals surface area contributed by atoms with Crippen LogP contribution in [0.15, 0.2) is 24.3 Å². The van der Waals surface area contributed by atoms with Gasteiger partial charge < -0.3 is 15.1 Å². The van der Waals surface area contributed by atoms with Crippen molar-refractivity contribution >= 4 is 11.9 Å². The summed E-state index contributed by atoms with van der Waals surface area (Å²) in [5, 5.41) is 18.7. The van der Waals surface area contributed by atoms with E-state index < -0.39 is 12.0 Å². The number of hydrogen-bond donors (Lipinski definition) is 2. The summed E-state index contributed by atoms with van der Waals surface area (Å²) in [5.74, 6) is -1.10. The smallest absolute Gasteiger partial charge is 0.320 e. The van der Waals surface area contributed by atoms with Crippen molar-refractivity contribution in [3.63, 3.8) is 0 Å². The first-order valence-corrected chi connectivity index (χ1v) is 6.55. The van der Waals surface area contributed by atoms with Gasteiger partial charge in [-0.3, -0.25) is 14.5 Å². The summed E-state index contributed by atoms with van der Waals surface area (Å²) in [6.07, 6.45) is 0. The van der Waals surface area contributed by atoms with Crippen molar-refractivity contribution in [2.75, 3.05) is 26.2 Å². The number of carboxylic acid groups (broad SMARTS) is 1. The first-order chi connectivity index (χ1) is 9.50. The molecular formula is C14H18N2O4. The largest absolute Gasteiger partial charge is 0.507 e. The molecule has 1 atom stereocenters. The molecule has 20 heavy (non-hydrogen) atoms. The minimum absolute atomic E-state index is 0.0289. The Labute approximate surface area is 117 Å². The number of para-hydroxylation sites is 1. The fourth-order valence-corrected chi connectivity index (χ4v) is 2.29. The highest BCUT2D eigenvalue weighted by atomic mass is 16.4. The Morgan fingerprint density at radius 2 is 1.75 bits per heavy atom. The van der Waals surface area contributed by atoms with Crippen LogP contribution in [0.2, 0.25) is 0 Å². The van der Waals surface area contributed by atoms with Crippen molar-refractivity contribution in [1.29, 1.82) is 0 Å². The van der Waals surface area contributed by atoms with E-state index >= 15 is 0 Å². The maximum atomic E-state index is 12.3. The number of piperazine rings is 1. The summed E-state index contributed by atoms with van der Waals surface area (Å²) in [6.45, 7) is 3.61. The minimum atomic E-state index is -0.856. The first-order valence-electron chi connectivity index (χ1n) is 6.55. The summed E-state index contributed by atoms with van der Waals surface area (Å²) >= 11 is 0. The Balaban J connectivity index is 1.99. The average Bonchev–Trinajstić information content (AvgIpc) is 2.46. The number of carbonyl (C=O) groups excluding carboxylic acids is 1. The number of aromatic hydroxyl groups is 1. The van der Waals surface area contributed by atoms with Gasteiger partial charge in [0.2, 0.25) is 0 Å². The van der Waals surface area contributed by atoms with Gasteiger partial charge in [-0.25, -0.2) is 0 Å². The Morgan fingerprint density at radius 3 is 2.30 bits per heavy atom. The lowest BCUT2D eigenvalue weighted by atomic mass is 10.1. The minimum Gasteiger partial charge on any atom is -0.507 e. The highest BCUT2D eigenvalue weighted by Gasteiger charge is 2.28. The lowest BCUT2D eigenvalue weighted by Gasteiger charge is -2.36. The molecule has 1 aliphatic heterocycles. The molecule has 0 aliphatic carbocycles. The number of rotatable bonds is 3. The van der Waals surface area contributed by atoms with Gasteiger partial charge in [-0.1, -0.05) is 12.1 Å². The van der Waals surface area contributed by atoms with E-state index in [1.165, 1.54) is 6.07 Å². The van der Waals surface area contributed by atoms with Gasteiger partial charge in [-0.2, -0.15) is 0 Å². The van der Waals surface area contributed by atoms with E-state index in [9.17, 15) is 14.7 Å². The zero-order valence-electron chi connectivity index (χ0n) is 11.3. The van der Waals surface area contributed by atoms with Crippen LogP contribution in [-0.2, 0) is 4.79 Å². The van der Waals surface area contributed by atoms with E-state index in [0.717, 1.165) is 0 Å². The zero-order chi connectivity index (χ0) is 14.7.